The highest BCUT2D eigenvalue weighted by molar-refractivity contribution is 4.95. The summed E-state index contributed by atoms with van der Waals surface area (Å²) in [7, 11) is 0. The molecule has 0 bridgehead atoms. The smallest absolute Gasteiger partial charge is 0.0779 e. The fourth-order valence-corrected chi connectivity index (χ4v) is 1.64. The second-order valence-corrected chi connectivity index (χ2v) is 4.05. The fraction of sp³-hybridized carbons (Fsp3) is 0.900. The molecule has 0 aliphatic heterocycles. The molecular formula is C10H19NO. The quantitative estimate of drug-likeness (QED) is 0.702. The number of hydrogen-bond acceptors (Lipinski definition) is 2. The Morgan fingerprint density at radius 1 is 1.50 bits per heavy atom. The normalized spacial score (nSPS) is 18.4. The van der Waals surface area contributed by atoms with Gasteiger partial charge in [0.05, 0.1) is 17.6 Å². The molecule has 0 fully saturated rings. The van der Waals surface area contributed by atoms with Crippen molar-refractivity contribution in [3.63, 3.8) is 0 Å². The van der Waals surface area contributed by atoms with Crippen molar-refractivity contribution in [3.8, 4) is 6.07 Å². The van der Waals surface area contributed by atoms with Crippen LogP contribution in [0.2, 0.25) is 0 Å². The molecule has 12 heavy (non-hydrogen) atoms. The van der Waals surface area contributed by atoms with Gasteiger partial charge in [-0.05, 0) is 25.7 Å². The molecule has 2 atom stereocenters. The van der Waals surface area contributed by atoms with E-state index in [1.165, 1.54) is 0 Å². The molecule has 0 rings (SSSR count). The number of hydrogen-bond donors (Lipinski definition) is 1. The molecule has 0 aromatic heterocycles. The predicted molar refractivity (Wildman–Crippen MR) is 49.5 cm³/mol. The summed E-state index contributed by atoms with van der Waals surface area (Å²) in [6, 6.07) is 2.15. The van der Waals surface area contributed by atoms with Crippen molar-refractivity contribution in [2.45, 2.75) is 46.1 Å². The number of nitriles is 1. The minimum absolute atomic E-state index is 0.236. The first kappa shape index (κ1) is 11.4. The average Bonchev–Trinajstić information content (AvgIpc) is 1.85. The van der Waals surface area contributed by atoms with Gasteiger partial charge in [-0.25, -0.2) is 0 Å². The second-order valence-electron chi connectivity index (χ2n) is 4.05. The van der Waals surface area contributed by atoms with Crippen LogP contribution in [-0.4, -0.2) is 10.7 Å². The Morgan fingerprint density at radius 2 is 2.00 bits per heavy atom. The van der Waals surface area contributed by atoms with Crippen LogP contribution in [0.1, 0.15) is 40.5 Å². The van der Waals surface area contributed by atoms with Gasteiger partial charge in [0.15, 0.2) is 0 Å². The lowest BCUT2D eigenvalue weighted by molar-refractivity contribution is 0.000277. The van der Waals surface area contributed by atoms with Gasteiger partial charge in [-0.2, -0.15) is 5.26 Å². The molecule has 0 spiro atoms. The molecule has 0 heterocycles. The zero-order valence-electron chi connectivity index (χ0n) is 8.46. The van der Waals surface area contributed by atoms with E-state index in [2.05, 4.69) is 19.9 Å². The van der Waals surface area contributed by atoms with Crippen molar-refractivity contribution in [3.05, 3.63) is 0 Å². The topological polar surface area (TPSA) is 44.0 Å². The summed E-state index contributed by atoms with van der Waals surface area (Å²) in [5.41, 5.74) is -0.822. The molecule has 2 heteroatoms. The zero-order chi connectivity index (χ0) is 9.78. The molecule has 0 aromatic rings. The van der Waals surface area contributed by atoms with E-state index < -0.39 is 5.60 Å². The monoisotopic (exact) mass is 169 g/mol. The Labute approximate surface area is 75.2 Å². The van der Waals surface area contributed by atoms with Crippen molar-refractivity contribution < 1.29 is 5.11 Å². The third-order valence-corrected chi connectivity index (χ3v) is 2.14. The third kappa shape index (κ3) is 3.23. The van der Waals surface area contributed by atoms with Crippen LogP contribution in [0.5, 0.6) is 0 Å². The molecule has 2 unspecified atom stereocenters. The highest BCUT2D eigenvalue weighted by atomic mass is 16.3. The van der Waals surface area contributed by atoms with Gasteiger partial charge < -0.3 is 5.11 Å². The number of nitrogens with zero attached hydrogens (tertiary/aromatic N) is 1. The van der Waals surface area contributed by atoms with Crippen LogP contribution in [0.25, 0.3) is 0 Å². The van der Waals surface area contributed by atoms with Gasteiger partial charge in [-0.15, -0.1) is 0 Å². The van der Waals surface area contributed by atoms with E-state index in [1.54, 1.807) is 6.92 Å². The predicted octanol–water partition coefficient (Wildman–Crippen LogP) is 2.33. The summed E-state index contributed by atoms with van der Waals surface area (Å²) in [5, 5.41) is 18.7. The summed E-state index contributed by atoms with van der Waals surface area (Å²) in [5.74, 6) is 0.197. The molecule has 0 aromatic carbocycles. The average molecular weight is 169 g/mol. The molecular weight excluding hydrogens is 150 g/mol. The number of rotatable bonds is 4. The molecule has 0 aliphatic carbocycles. The molecule has 0 saturated carbocycles. The Morgan fingerprint density at radius 3 is 2.25 bits per heavy atom. The van der Waals surface area contributed by atoms with Gasteiger partial charge in [-0.1, -0.05) is 20.8 Å². The van der Waals surface area contributed by atoms with Crippen LogP contribution in [0, 0.1) is 23.2 Å². The summed E-state index contributed by atoms with van der Waals surface area (Å²) >= 11 is 0. The molecule has 2 nitrogen and oxygen atoms in total. The first-order chi connectivity index (χ1) is 5.44. The highest BCUT2D eigenvalue weighted by Crippen LogP contribution is 2.26. The molecule has 70 valence electrons. The van der Waals surface area contributed by atoms with Gasteiger partial charge in [0.25, 0.3) is 0 Å². The van der Waals surface area contributed by atoms with Crippen LogP contribution in [0.3, 0.4) is 0 Å². The molecule has 0 radical (unpaired) electrons. The number of aliphatic hydroxyl groups is 1. The van der Waals surface area contributed by atoms with E-state index in [1.807, 2.05) is 6.92 Å². The van der Waals surface area contributed by atoms with Crippen molar-refractivity contribution in [1.82, 2.24) is 0 Å². The van der Waals surface area contributed by atoms with Crippen molar-refractivity contribution >= 4 is 0 Å². The van der Waals surface area contributed by atoms with Crippen molar-refractivity contribution in [2.75, 3.05) is 0 Å². The molecule has 1 N–H and O–H groups in total. The van der Waals surface area contributed by atoms with Crippen LogP contribution in [0.15, 0.2) is 0 Å². The second kappa shape index (κ2) is 4.47. The van der Waals surface area contributed by atoms with Crippen LogP contribution >= 0.6 is 0 Å². The van der Waals surface area contributed by atoms with Crippen LogP contribution in [0.4, 0.5) is 0 Å². The lowest BCUT2D eigenvalue weighted by Gasteiger charge is -2.29. The Balaban J connectivity index is 4.27. The van der Waals surface area contributed by atoms with E-state index in [0.717, 1.165) is 6.42 Å². The van der Waals surface area contributed by atoms with E-state index in [-0.39, 0.29) is 5.92 Å². The van der Waals surface area contributed by atoms with Crippen LogP contribution in [-0.2, 0) is 0 Å². The summed E-state index contributed by atoms with van der Waals surface area (Å²) in [4.78, 5) is 0. The molecule has 0 saturated heterocycles. The third-order valence-electron chi connectivity index (χ3n) is 2.14. The zero-order valence-corrected chi connectivity index (χ0v) is 8.46. The minimum atomic E-state index is -0.822. The Bertz CT molecular complexity index is 167. The lowest BCUT2D eigenvalue weighted by Crippen LogP contribution is -2.34. The van der Waals surface area contributed by atoms with E-state index >= 15 is 0 Å². The Hall–Kier alpha value is -0.550. The van der Waals surface area contributed by atoms with Gasteiger partial charge in [0.2, 0.25) is 0 Å². The first-order valence-corrected chi connectivity index (χ1v) is 4.56. The maximum absolute atomic E-state index is 9.92. The largest absolute Gasteiger partial charge is 0.389 e. The Kier molecular flexibility index (Phi) is 4.26. The minimum Gasteiger partial charge on any atom is -0.389 e. The van der Waals surface area contributed by atoms with Crippen molar-refractivity contribution in [2.24, 2.45) is 11.8 Å². The van der Waals surface area contributed by atoms with Crippen LogP contribution < -0.4 is 0 Å². The standard InChI is InChI=1S/C10H19NO/c1-5-9(7-11)10(4,12)6-8(2)3/h8-9,12H,5-6H2,1-4H3. The summed E-state index contributed by atoms with van der Waals surface area (Å²) in [6.07, 6.45) is 1.41. The highest BCUT2D eigenvalue weighted by Gasteiger charge is 2.30. The van der Waals surface area contributed by atoms with Gasteiger partial charge >= 0.3 is 0 Å². The van der Waals surface area contributed by atoms with Gasteiger partial charge in [0, 0.05) is 0 Å². The molecule has 0 aliphatic rings. The van der Waals surface area contributed by atoms with Crippen molar-refractivity contribution in [1.29, 1.82) is 5.26 Å². The van der Waals surface area contributed by atoms with Gasteiger partial charge in [0.1, 0.15) is 0 Å². The fourth-order valence-electron chi connectivity index (χ4n) is 1.64. The maximum Gasteiger partial charge on any atom is 0.0779 e. The van der Waals surface area contributed by atoms with E-state index in [0.29, 0.717) is 12.3 Å². The van der Waals surface area contributed by atoms with Gasteiger partial charge in [-0.3, -0.25) is 0 Å². The summed E-state index contributed by atoms with van der Waals surface area (Å²) < 4.78 is 0. The maximum atomic E-state index is 9.92. The summed E-state index contributed by atoms with van der Waals surface area (Å²) in [6.45, 7) is 7.80. The lowest BCUT2D eigenvalue weighted by atomic mass is 9.82. The van der Waals surface area contributed by atoms with E-state index in [9.17, 15) is 5.11 Å². The molecule has 0 amide bonds. The van der Waals surface area contributed by atoms with E-state index in [4.69, 9.17) is 5.26 Å². The first-order valence-electron chi connectivity index (χ1n) is 4.56. The SMILES string of the molecule is CCC(C#N)C(C)(O)CC(C)C.